The molecule has 0 bridgehead atoms. The largest absolute Gasteiger partial charge is 0.382 e. The molecule has 4 heteroatoms. The highest BCUT2D eigenvalue weighted by Gasteiger charge is 2.15. The molecule has 1 N–H and O–H groups in total. The van der Waals surface area contributed by atoms with Gasteiger partial charge in [0.2, 0.25) is 0 Å². The summed E-state index contributed by atoms with van der Waals surface area (Å²) in [5, 5.41) is 9.46. The quantitative estimate of drug-likeness (QED) is 0.693. The van der Waals surface area contributed by atoms with Crippen LogP contribution in [0, 0.1) is 0 Å². The maximum absolute atomic E-state index is 12.7. The Hall–Kier alpha value is -1.29. The smallest absolute Gasteiger partial charge is 0.306 e. The van der Waals surface area contributed by atoms with Gasteiger partial charge in [0.05, 0.1) is 5.60 Å². The van der Waals surface area contributed by atoms with Gasteiger partial charge in [-0.25, -0.2) is 4.39 Å². The monoisotopic (exact) mass is 202 g/mol. The maximum atomic E-state index is 12.7. The normalized spacial score (nSPS) is 25.6. The Balaban J connectivity index is 3.02. The summed E-state index contributed by atoms with van der Waals surface area (Å²) in [6.07, 6.45) is 3.87. The molecule has 0 heterocycles. The molecule has 0 saturated carbocycles. The van der Waals surface area contributed by atoms with Crippen LogP contribution in [0.5, 0.6) is 0 Å². The zero-order chi connectivity index (χ0) is 10.8. The molecule has 0 saturated heterocycles. The number of halogens is 3. The third-order valence-corrected chi connectivity index (χ3v) is 1.73. The van der Waals surface area contributed by atoms with Crippen LogP contribution in [0.4, 0.5) is 13.2 Å². The zero-order valence-electron chi connectivity index (χ0n) is 7.47. The fourth-order valence-electron chi connectivity index (χ4n) is 0.972. The summed E-state index contributed by atoms with van der Waals surface area (Å²) in [6.45, 7) is 1.46. The first kappa shape index (κ1) is 10.8. The number of hydrogen-bond donors (Lipinski definition) is 1. The highest BCUT2D eigenvalue weighted by molar-refractivity contribution is 5.42. The molecule has 1 aliphatic rings. The molecule has 0 aromatic heterocycles. The van der Waals surface area contributed by atoms with Crippen molar-refractivity contribution in [3.63, 3.8) is 0 Å². The molecule has 0 spiro atoms. The van der Waals surface area contributed by atoms with Crippen LogP contribution in [0.3, 0.4) is 0 Å². The predicted molar refractivity (Wildman–Crippen MR) is 47.3 cm³/mol. The highest BCUT2D eigenvalue weighted by Crippen LogP contribution is 2.23. The van der Waals surface area contributed by atoms with Crippen molar-refractivity contribution in [2.75, 3.05) is 0 Å². The third kappa shape index (κ3) is 2.60. The van der Waals surface area contributed by atoms with Crippen LogP contribution in [-0.4, -0.2) is 10.7 Å². The van der Waals surface area contributed by atoms with Crippen molar-refractivity contribution in [3.05, 3.63) is 47.9 Å². The Morgan fingerprint density at radius 1 is 1.29 bits per heavy atom. The van der Waals surface area contributed by atoms with Gasteiger partial charge in [-0.2, -0.15) is 8.78 Å². The Bertz CT molecular complexity index is 344. The fourth-order valence-corrected chi connectivity index (χ4v) is 0.972. The van der Waals surface area contributed by atoms with Gasteiger partial charge in [-0.3, -0.25) is 0 Å². The molecule has 1 rings (SSSR count). The Kier molecular flexibility index (Phi) is 2.96. The van der Waals surface area contributed by atoms with Crippen molar-refractivity contribution in [3.8, 4) is 0 Å². The van der Waals surface area contributed by atoms with E-state index in [1.807, 2.05) is 0 Å². The van der Waals surface area contributed by atoms with Gasteiger partial charge >= 0.3 is 6.08 Å². The van der Waals surface area contributed by atoms with E-state index in [0.29, 0.717) is 0 Å². The van der Waals surface area contributed by atoms with E-state index in [4.69, 9.17) is 0 Å². The average molecular weight is 202 g/mol. The van der Waals surface area contributed by atoms with Crippen molar-refractivity contribution in [1.82, 2.24) is 0 Å². The Morgan fingerprint density at radius 3 is 2.50 bits per heavy atom. The molecule has 1 unspecified atom stereocenters. The molecule has 0 radical (unpaired) electrons. The van der Waals surface area contributed by atoms with Crippen molar-refractivity contribution in [2.45, 2.75) is 12.5 Å². The second-order valence-corrected chi connectivity index (χ2v) is 3.11. The van der Waals surface area contributed by atoms with Gasteiger partial charge in [0.15, 0.2) is 5.83 Å². The number of hydrogen-bond acceptors (Lipinski definition) is 1. The summed E-state index contributed by atoms with van der Waals surface area (Å²) in [6, 6.07) is 0. The lowest BCUT2D eigenvalue weighted by Crippen LogP contribution is -2.15. The third-order valence-electron chi connectivity index (χ3n) is 1.73. The summed E-state index contributed by atoms with van der Waals surface area (Å²) in [4.78, 5) is 0. The molecule has 0 fully saturated rings. The van der Waals surface area contributed by atoms with Crippen molar-refractivity contribution in [1.29, 1.82) is 0 Å². The first-order chi connectivity index (χ1) is 6.42. The minimum absolute atomic E-state index is 0.251. The maximum Gasteiger partial charge on any atom is 0.306 e. The van der Waals surface area contributed by atoms with E-state index in [0.717, 1.165) is 6.08 Å². The van der Waals surface area contributed by atoms with Crippen LogP contribution in [0.2, 0.25) is 0 Å². The van der Waals surface area contributed by atoms with Crippen LogP contribution < -0.4 is 0 Å². The van der Waals surface area contributed by atoms with Gasteiger partial charge in [-0.05, 0) is 19.1 Å². The highest BCUT2D eigenvalue weighted by atomic mass is 19.3. The summed E-state index contributed by atoms with van der Waals surface area (Å²) >= 11 is 0. The molecule has 1 nitrogen and oxygen atoms in total. The second-order valence-electron chi connectivity index (χ2n) is 3.11. The Morgan fingerprint density at radius 2 is 1.93 bits per heavy atom. The molecule has 14 heavy (non-hydrogen) atoms. The van der Waals surface area contributed by atoms with Gasteiger partial charge in [0, 0.05) is 5.57 Å². The van der Waals surface area contributed by atoms with E-state index in [-0.39, 0.29) is 5.57 Å². The van der Waals surface area contributed by atoms with Crippen molar-refractivity contribution in [2.24, 2.45) is 0 Å². The average Bonchev–Trinajstić information content (AvgIpc) is 2.25. The van der Waals surface area contributed by atoms with E-state index in [1.165, 1.54) is 31.2 Å². The van der Waals surface area contributed by atoms with Gasteiger partial charge < -0.3 is 5.11 Å². The molecule has 1 aliphatic carbocycles. The molecule has 0 amide bonds. The first-order valence-electron chi connectivity index (χ1n) is 3.95. The van der Waals surface area contributed by atoms with E-state index in [1.54, 1.807) is 0 Å². The van der Waals surface area contributed by atoms with Crippen molar-refractivity contribution < 1.29 is 18.3 Å². The molecule has 0 aliphatic heterocycles. The lowest BCUT2D eigenvalue weighted by molar-refractivity contribution is 0.164. The number of rotatable bonds is 1. The molecule has 0 aromatic carbocycles. The molecule has 76 valence electrons. The van der Waals surface area contributed by atoms with Crippen LogP contribution in [0.25, 0.3) is 0 Å². The zero-order valence-corrected chi connectivity index (χ0v) is 7.47. The minimum atomic E-state index is -2.36. The number of allylic oxidation sites excluding steroid dienone is 5. The Labute approximate surface area is 79.6 Å². The first-order valence-corrected chi connectivity index (χ1v) is 3.95. The standard InChI is InChI=1S/C10H9F3O/c1-10(14)5-2-3-7(4-6-10)8(11)9(12)13/h2-6,14H,1H3. The van der Waals surface area contributed by atoms with Crippen LogP contribution >= 0.6 is 0 Å². The summed E-state index contributed by atoms with van der Waals surface area (Å²) < 4.78 is 36.5. The summed E-state index contributed by atoms with van der Waals surface area (Å²) in [5.74, 6) is -1.57. The topological polar surface area (TPSA) is 20.2 Å². The van der Waals surface area contributed by atoms with Gasteiger partial charge in [0.25, 0.3) is 0 Å². The molecule has 0 aromatic rings. The van der Waals surface area contributed by atoms with Crippen LogP contribution in [-0.2, 0) is 0 Å². The van der Waals surface area contributed by atoms with E-state index in [9.17, 15) is 18.3 Å². The van der Waals surface area contributed by atoms with Crippen LogP contribution in [0.15, 0.2) is 47.9 Å². The second kappa shape index (κ2) is 3.84. The van der Waals surface area contributed by atoms with Gasteiger partial charge in [-0.15, -0.1) is 0 Å². The van der Waals surface area contributed by atoms with E-state index < -0.39 is 17.5 Å². The number of aliphatic hydroxyl groups is 1. The molecular formula is C10H9F3O. The van der Waals surface area contributed by atoms with Crippen LogP contribution in [0.1, 0.15) is 6.92 Å². The van der Waals surface area contributed by atoms with Gasteiger partial charge in [0.1, 0.15) is 0 Å². The van der Waals surface area contributed by atoms with E-state index in [2.05, 4.69) is 0 Å². The van der Waals surface area contributed by atoms with Gasteiger partial charge in [-0.1, -0.05) is 18.2 Å². The fraction of sp³-hybridized carbons (Fsp3) is 0.200. The van der Waals surface area contributed by atoms with Crippen molar-refractivity contribution >= 4 is 0 Å². The molecular weight excluding hydrogens is 193 g/mol. The summed E-state index contributed by atoms with van der Waals surface area (Å²) in [5.41, 5.74) is -1.48. The SMILES string of the molecule is CC1(O)C=CC=C(C(F)=C(F)F)C=C1. The summed E-state index contributed by atoms with van der Waals surface area (Å²) in [7, 11) is 0. The molecule has 1 atom stereocenters. The van der Waals surface area contributed by atoms with E-state index >= 15 is 0 Å². The minimum Gasteiger partial charge on any atom is -0.382 e. The lowest BCUT2D eigenvalue weighted by Gasteiger charge is -2.11. The lowest BCUT2D eigenvalue weighted by atomic mass is 10.1. The predicted octanol–water partition coefficient (Wildman–Crippen LogP) is 2.87.